The van der Waals surface area contributed by atoms with E-state index in [0.29, 0.717) is 26.1 Å². The van der Waals surface area contributed by atoms with E-state index in [1.54, 1.807) is 11.9 Å². The van der Waals surface area contributed by atoms with Crippen LogP contribution >= 0.6 is 0 Å². The third kappa shape index (κ3) is 3.82. The summed E-state index contributed by atoms with van der Waals surface area (Å²) in [5.41, 5.74) is 2.24. The molecular weight excluding hydrogens is 344 g/mol. The molecule has 0 saturated carbocycles. The van der Waals surface area contributed by atoms with Gasteiger partial charge in [0.2, 0.25) is 17.7 Å². The molecule has 7 heteroatoms. The van der Waals surface area contributed by atoms with Crippen LogP contribution in [0.4, 0.5) is 0 Å². The summed E-state index contributed by atoms with van der Waals surface area (Å²) < 4.78 is 2.15. The fourth-order valence-corrected chi connectivity index (χ4v) is 3.79. The highest BCUT2D eigenvalue weighted by molar-refractivity contribution is 5.88. The van der Waals surface area contributed by atoms with Crippen LogP contribution in [0.2, 0.25) is 0 Å². The van der Waals surface area contributed by atoms with Crippen molar-refractivity contribution in [2.75, 3.05) is 26.7 Å². The van der Waals surface area contributed by atoms with Crippen molar-refractivity contribution in [2.45, 2.75) is 32.9 Å². The number of nitrogens with one attached hydrogen (secondary N) is 1. The lowest BCUT2D eigenvalue weighted by molar-refractivity contribution is -0.147. The number of aryl methyl sites for hydroxylation is 2. The molecule has 1 unspecified atom stereocenters. The maximum absolute atomic E-state index is 12.8. The second-order valence-electron chi connectivity index (χ2n) is 6.93. The van der Waals surface area contributed by atoms with Gasteiger partial charge >= 0.3 is 0 Å². The van der Waals surface area contributed by atoms with Crippen LogP contribution in [0.1, 0.15) is 19.0 Å². The summed E-state index contributed by atoms with van der Waals surface area (Å²) in [5, 5.41) is 3.75. The number of rotatable bonds is 4. The molecule has 1 aromatic carbocycles. The van der Waals surface area contributed by atoms with Crippen molar-refractivity contribution in [3.63, 3.8) is 0 Å². The molecule has 1 aromatic heterocycles. The Labute approximate surface area is 158 Å². The fraction of sp³-hybridized carbons (Fsp3) is 0.450. The maximum Gasteiger partial charge on any atom is 0.244 e. The molecule has 3 rings (SSSR count). The first-order valence-electron chi connectivity index (χ1n) is 9.24. The molecule has 144 valence electrons. The molecule has 7 nitrogen and oxygen atoms in total. The Morgan fingerprint density at radius 3 is 2.63 bits per heavy atom. The molecule has 2 aromatic rings. The summed E-state index contributed by atoms with van der Waals surface area (Å²) >= 11 is 0. The van der Waals surface area contributed by atoms with Crippen molar-refractivity contribution in [2.24, 2.45) is 0 Å². The Hall–Kier alpha value is -2.83. The molecule has 0 spiro atoms. The van der Waals surface area contributed by atoms with E-state index in [4.69, 9.17) is 0 Å². The van der Waals surface area contributed by atoms with Crippen molar-refractivity contribution in [1.29, 1.82) is 0 Å². The number of nitrogens with zero attached hydrogens (tertiary/aromatic N) is 3. The van der Waals surface area contributed by atoms with E-state index in [-0.39, 0.29) is 24.3 Å². The van der Waals surface area contributed by atoms with Gasteiger partial charge in [-0.15, -0.1) is 0 Å². The van der Waals surface area contributed by atoms with Crippen LogP contribution in [0.25, 0.3) is 10.9 Å². The Morgan fingerprint density at radius 1 is 1.19 bits per heavy atom. The molecule has 1 fully saturated rings. The minimum absolute atomic E-state index is 0.00397. The van der Waals surface area contributed by atoms with Gasteiger partial charge in [-0.05, 0) is 24.4 Å². The topological polar surface area (TPSA) is 74.7 Å². The number of piperazine rings is 1. The Kier molecular flexibility index (Phi) is 5.48. The highest BCUT2D eigenvalue weighted by Gasteiger charge is 2.35. The van der Waals surface area contributed by atoms with Gasteiger partial charge < -0.3 is 19.7 Å². The average Bonchev–Trinajstić information content (AvgIpc) is 2.99. The van der Waals surface area contributed by atoms with E-state index in [1.165, 1.54) is 11.8 Å². The van der Waals surface area contributed by atoms with Crippen LogP contribution in [0.3, 0.4) is 0 Å². The molecule has 0 bridgehead atoms. The van der Waals surface area contributed by atoms with Crippen LogP contribution in [-0.4, -0.2) is 64.8 Å². The molecule has 2 heterocycles. The zero-order valence-corrected chi connectivity index (χ0v) is 16.1. The predicted octanol–water partition coefficient (Wildman–Crippen LogP) is 1.15. The molecule has 1 N–H and O–H groups in total. The van der Waals surface area contributed by atoms with E-state index in [1.807, 2.05) is 19.1 Å². The van der Waals surface area contributed by atoms with E-state index in [0.717, 1.165) is 16.6 Å². The van der Waals surface area contributed by atoms with Gasteiger partial charge in [-0.2, -0.15) is 0 Å². The van der Waals surface area contributed by atoms with Crippen molar-refractivity contribution in [3.05, 3.63) is 36.0 Å². The van der Waals surface area contributed by atoms with Gasteiger partial charge in [-0.25, -0.2) is 0 Å². The maximum atomic E-state index is 12.8. The van der Waals surface area contributed by atoms with E-state index in [2.05, 4.69) is 28.1 Å². The highest BCUT2D eigenvalue weighted by Crippen LogP contribution is 2.20. The number of hydrogen-bond acceptors (Lipinski definition) is 3. The number of amides is 3. The van der Waals surface area contributed by atoms with Crippen LogP contribution in [0.5, 0.6) is 0 Å². The first-order chi connectivity index (χ1) is 12.9. The van der Waals surface area contributed by atoms with Gasteiger partial charge in [0.05, 0.1) is 6.54 Å². The standard InChI is InChI=1S/C20H26N4O3/c1-14-12-16-6-4-5-7-17(16)23(14)9-8-19(26)22-10-11-24(15(2)25)18(13-22)20(27)21-3/h4-7,12,18H,8-11,13H2,1-3H3,(H,21,27). The van der Waals surface area contributed by atoms with Crippen molar-refractivity contribution >= 4 is 28.6 Å². The molecule has 0 radical (unpaired) electrons. The third-order valence-corrected chi connectivity index (χ3v) is 5.25. The number of aromatic nitrogens is 1. The summed E-state index contributed by atoms with van der Waals surface area (Å²) in [6.07, 6.45) is 0.361. The molecule has 1 aliphatic rings. The lowest BCUT2D eigenvalue weighted by Crippen LogP contribution is -2.60. The smallest absolute Gasteiger partial charge is 0.244 e. The third-order valence-electron chi connectivity index (χ3n) is 5.25. The minimum atomic E-state index is -0.626. The zero-order valence-electron chi connectivity index (χ0n) is 16.1. The minimum Gasteiger partial charge on any atom is -0.357 e. The van der Waals surface area contributed by atoms with E-state index < -0.39 is 6.04 Å². The number of hydrogen-bond donors (Lipinski definition) is 1. The van der Waals surface area contributed by atoms with Gasteiger partial charge in [0.1, 0.15) is 6.04 Å². The first-order valence-corrected chi connectivity index (χ1v) is 9.24. The molecule has 27 heavy (non-hydrogen) atoms. The summed E-state index contributed by atoms with van der Waals surface area (Å²) in [4.78, 5) is 39.9. The summed E-state index contributed by atoms with van der Waals surface area (Å²) in [7, 11) is 1.54. The van der Waals surface area contributed by atoms with Crippen LogP contribution in [0.15, 0.2) is 30.3 Å². The number of fused-ring (bicyclic) bond motifs is 1. The van der Waals surface area contributed by atoms with Crippen molar-refractivity contribution in [3.8, 4) is 0 Å². The van der Waals surface area contributed by atoms with Gasteiger partial charge in [-0.3, -0.25) is 14.4 Å². The SMILES string of the molecule is CNC(=O)C1CN(C(=O)CCn2c(C)cc3ccccc32)CCN1C(C)=O. The first kappa shape index (κ1) is 18.9. The molecule has 1 saturated heterocycles. The second kappa shape index (κ2) is 7.82. The molecule has 1 aliphatic heterocycles. The van der Waals surface area contributed by atoms with E-state index in [9.17, 15) is 14.4 Å². The fourth-order valence-electron chi connectivity index (χ4n) is 3.79. The number of benzene rings is 1. The molecule has 0 aliphatic carbocycles. The second-order valence-corrected chi connectivity index (χ2v) is 6.93. The zero-order chi connectivity index (χ0) is 19.6. The Morgan fingerprint density at radius 2 is 1.93 bits per heavy atom. The lowest BCUT2D eigenvalue weighted by Gasteiger charge is -2.40. The average molecular weight is 370 g/mol. The van der Waals surface area contributed by atoms with Crippen LogP contribution in [-0.2, 0) is 20.9 Å². The summed E-state index contributed by atoms with van der Waals surface area (Å²) in [6.45, 7) is 5.16. The lowest BCUT2D eigenvalue weighted by atomic mass is 10.1. The van der Waals surface area contributed by atoms with Gasteiger partial charge in [0.15, 0.2) is 0 Å². The predicted molar refractivity (Wildman–Crippen MR) is 103 cm³/mol. The van der Waals surface area contributed by atoms with E-state index >= 15 is 0 Å². The quantitative estimate of drug-likeness (QED) is 0.877. The summed E-state index contributed by atoms with van der Waals surface area (Å²) in [5.74, 6) is -0.385. The molecular formula is C20H26N4O3. The van der Waals surface area contributed by atoms with Crippen molar-refractivity contribution in [1.82, 2.24) is 19.7 Å². The Balaban J connectivity index is 1.68. The van der Waals surface area contributed by atoms with Crippen LogP contribution in [0, 0.1) is 6.92 Å². The molecule has 1 atom stereocenters. The van der Waals surface area contributed by atoms with Crippen molar-refractivity contribution < 1.29 is 14.4 Å². The van der Waals surface area contributed by atoms with Gasteiger partial charge in [0, 0.05) is 51.2 Å². The number of carbonyl (C=O) groups excluding carboxylic acids is 3. The Bertz CT molecular complexity index is 873. The number of likely N-dealkylation sites (N-methyl/N-ethyl adjacent to an activating group) is 1. The van der Waals surface area contributed by atoms with Gasteiger partial charge in [-0.1, -0.05) is 18.2 Å². The largest absolute Gasteiger partial charge is 0.357 e. The van der Waals surface area contributed by atoms with Crippen LogP contribution < -0.4 is 5.32 Å². The number of para-hydroxylation sites is 1. The normalized spacial score (nSPS) is 17.2. The highest BCUT2D eigenvalue weighted by atomic mass is 16.2. The molecule has 3 amide bonds. The monoisotopic (exact) mass is 370 g/mol. The number of carbonyl (C=O) groups is 3. The summed E-state index contributed by atoms with van der Waals surface area (Å²) in [6, 6.07) is 9.61. The van der Waals surface area contributed by atoms with Gasteiger partial charge in [0.25, 0.3) is 0 Å².